The number of amides is 1. The molecule has 8 heteroatoms. The zero-order chi connectivity index (χ0) is 14.8. The van der Waals surface area contributed by atoms with Crippen molar-refractivity contribution in [2.75, 3.05) is 13.6 Å². The van der Waals surface area contributed by atoms with Gasteiger partial charge in [0, 0.05) is 7.05 Å². The van der Waals surface area contributed by atoms with Gasteiger partial charge in [0.2, 0.25) is 17.6 Å². The highest BCUT2D eigenvalue weighted by Crippen LogP contribution is 2.29. The fraction of sp³-hybridized carbons (Fsp3) is 0.462. The van der Waals surface area contributed by atoms with E-state index in [9.17, 15) is 4.79 Å². The van der Waals surface area contributed by atoms with Crippen molar-refractivity contribution in [2.24, 2.45) is 0 Å². The number of nitrogens with one attached hydrogen (secondary N) is 1. The molecule has 2 aromatic rings. The highest BCUT2D eigenvalue weighted by atomic mass is 79.9. The number of aromatic nitrogens is 2. The minimum Gasteiger partial charge on any atom is -0.358 e. The van der Waals surface area contributed by atoms with E-state index in [1.165, 1.54) is 0 Å². The lowest BCUT2D eigenvalue weighted by molar-refractivity contribution is -0.125. The Balaban J connectivity index is 1.71. The van der Waals surface area contributed by atoms with Gasteiger partial charge in [-0.25, -0.2) is 0 Å². The van der Waals surface area contributed by atoms with Crippen molar-refractivity contribution in [3.05, 3.63) is 21.8 Å². The van der Waals surface area contributed by atoms with Crippen LogP contribution in [0.5, 0.6) is 0 Å². The molecule has 1 atom stereocenters. The first kappa shape index (κ1) is 14.7. The van der Waals surface area contributed by atoms with Crippen LogP contribution in [0.3, 0.4) is 0 Å². The summed E-state index contributed by atoms with van der Waals surface area (Å²) in [5, 5.41) is 6.71. The van der Waals surface area contributed by atoms with Crippen LogP contribution in [0.15, 0.2) is 20.4 Å². The highest BCUT2D eigenvalue weighted by molar-refractivity contribution is 9.11. The van der Waals surface area contributed by atoms with Gasteiger partial charge in [-0.2, -0.15) is 4.98 Å². The van der Waals surface area contributed by atoms with Gasteiger partial charge in [0.25, 0.3) is 0 Å². The molecule has 0 spiro atoms. The first-order valence-corrected chi connectivity index (χ1v) is 8.32. The number of likely N-dealkylation sites (tertiary alicyclic amines) is 1. The summed E-state index contributed by atoms with van der Waals surface area (Å²) >= 11 is 4.98. The quantitative estimate of drug-likeness (QED) is 0.893. The molecule has 0 unspecified atom stereocenters. The lowest BCUT2D eigenvalue weighted by Crippen LogP contribution is -2.41. The summed E-state index contributed by atoms with van der Waals surface area (Å²) in [6, 6.07) is 3.81. The zero-order valence-electron chi connectivity index (χ0n) is 11.5. The Morgan fingerprint density at radius 1 is 1.62 bits per heavy atom. The van der Waals surface area contributed by atoms with Crippen molar-refractivity contribution in [1.82, 2.24) is 20.4 Å². The maximum atomic E-state index is 11.8. The lowest BCUT2D eigenvalue weighted by Gasteiger charge is -2.20. The van der Waals surface area contributed by atoms with Crippen molar-refractivity contribution in [2.45, 2.75) is 25.4 Å². The molecule has 6 nitrogen and oxygen atoms in total. The number of hydrogen-bond donors (Lipinski definition) is 1. The smallest absolute Gasteiger partial charge is 0.241 e. The Kier molecular flexibility index (Phi) is 4.37. The van der Waals surface area contributed by atoms with Gasteiger partial charge in [0.05, 0.1) is 21.3 Å². The molecule has 0 aliphatic carbocycles. The summed E-state index contributed by atoms with van der Waals surface area (Å²) in [6.45, 7) is 1.39. The number of carbonyl (C=O) groups excluding carboxylic acids is 1. The molecule has 0 aromatic carbocycles. The Morgan fingerprint density at radius 3 is 3.19 bits per heavy atom. The highest BCUT2D eigenvalue weighted by Gasteiger charge is 2.31. The number of nitrogens with zero attached hydrogens (tertiary/aromatic N) is 3. The number of carbonyl (C=O) groups is 1. The van der Waals surface area contributed by atoms with Gasteiger partial charge in [-0.1, -0.05) is 5.16 Å². The van der Waals surface area contributed by atoms with Gasteiger partial charge < -0.3 is 9.84 Å². The second-order valence-electron chi connectivity index (χ2n) is 4.86. The van der Waals surface area contributed by atoms with Gasteiger partial charge in [0.1, 0.15) is 0 Å². The number of hydrogen-bond acceptors (Lipinski definition) is 6. The molecule has 0 bridgehead atoms. The summed E-state index contributed by atoms with van der Waals surface area (Å²) in [6.07, 6.45) is 1.88. The minimum absolute atomic E-state index is 0.0504. The average Bonchev–Trinajstić information content (AvgIpc) is 3.19. The molecule has 21 heavy (non-hydrogen) atoms. The van der Waals surface area contributed by atoms with Gasteiger partial charge >= 0.3 is 0 Å². The average molecular weight is 371 g/mol. The van der Waals surface area contributed by atoms with E-state index in [4.69, 9.17) is 4.52 Å². The third-order valence-electron chi connectivity index (χ3n) is 3.51. The van der Waals surface area contributed by atoms with E-state index in [1.807, 2.05) is 12.1 Å². The van der Waals surface area contributed by atoms with Crippen LogP contribution < -0.4 is 5.32 Å². The first-order valence-electron chi connectivity index (χ1n) is 6.71. The van der Waals surface area contributed by atoms with E-state index in [2.05, 4.69) is 36.3 Å². The number of halogens is 1. The largest absolute Gasteiger partial charge is 0.358 e. The molecule has 112 valence electrons. The summed E-state index contributed by atoms with van der Waals surface area (Å²) in [7, 11) is 1.66. The predicted molar refractivity (Wildman–Crippen MR) is 82.8 cm³/mol. The molecule has 1 aliphatic heterocycles. The monoisotopic (exact) mass is 370 g/mol. The van der Waals surface area contributed by atoms with Crippen LogP contribution in [0.25, 0.3) is 10.7 Å². The minimum atomic E-state index is -0.0961. The summed E-state index contributed by atoms with van der Waals surface area (Å²) in [5.41, 5.74) is 0. The molecule has 0 saturated carbocycles. The van der Waals surface area contributed by atoms with Crippen LogP contribution in [-0.2, 0) is 11.3 Å². The normalized spacial score (nSPS) is 19.0. The van der Waals surface area contributed by atoms with E-state index in [0.717, 1.165) is 28.0 Å². The van der Waals surface area contributed by atoms with E-state index >= 15 is 0 Å². The van der Waals surface area contributed by atoms with Crippen molar-refractivity contribution in [3.63, 3.8) is 0 Å². The molecule has 1 fully saturated rings. The van der Waals surface area contributed by atoms with Gasteiger partial charge in [-0.3, -0.25) is 9.69 Å². The molecular formula is C13H15BrN4O2S. The van der Waals surface area contributed by atoms with Crippen molar-refractivity contribution < 1.29 is 9.32 Å². The molecule has 3 heterocycles. The van der Waals surface area contributed by atoms with E-state index in [0.29, 0.717) is 18.3 Å². The second-order valence-corrected chi connectivity index (χ2v) is 7.32. The van der Waals surface area contributed by atoms with Crippen LogP contribution in [-0.4, -0.2) is 40.6 Å². The van der Waals surface area contributed by atoms with Gasteiger partial charge in [0.15, 0.2) is 0 Å². The molecule has 0 radical (unpaired) electrons. The molecule has 1 aliphatic rings. The van der Waals surface area contributed by atoms with Crippen LogP contribution in [0, 0.1) is 0 Å². The second kappa shape index (κ2) is 6.25. The predicted octanol–water partition coefficient (Wildman–Crippen LogP) is 2.27. The number of rotatable bonds is 4. The SMILES string of the molecule is CNC(=O)[C@@H]1CCCN1Cc1nc(-c2ccc(Br)s2)no1. The number of likely N-dealkylation sites (N-methyl/N-ethyl adjacent to an activating group) is 1. The topological polar surface area (TPSA) is 71.3 Å². The number of thiophene rings is 1. The fourth-order valence-corrected chi connectivity index (χ4v) is 3.82. The molecule has 1 N–H and O–H groups in total. The molecule has 1 amide bonds. The maximum absolute atomic E-state index is 11.8. The van der Waals surface area contributed by atoms with E-state index < -0.39 is 0 Å². The van der Waals surface area contributed by atoms with Crippen molar-refractivity contribution in [3.8, 4) is 10.7 Å². The van der Waals surface area contributed by atoms with Crippen LogP contribution >= 0.6 is 27.3 Å². The Hall–Kier alpha value is -1.25. The summed E-state index contributed by atoms with van der Waals surface area (Å²) < 4.78 is 6.34. The zero-order valence-corrected chi connectivity index (χ0v) is 13.9. The molecule has 3 rings (SSSR count). The van der Waals surface area contributed by atoms with Crippen LogP contribution in [0.1, 0.15) is 18.7 Å². The van der Waals surface area contributed by atoms with Crippen molar-refractivity contribution in [1.29, 1.82) is 0 Å². The molecular weight excluding hydrogens is 356 g/mol. The summed E-state index contributed by atoms with van der Waals surface area (Å²) in [5.74, 6) is 1.19. The third-order valence-corrected chi connectivity index (χ3v) is 5.13. The Bertz CT molecular complexity index is 642. The first-order chi connectivity index (χ1) is 10.2. The third kappa shape index (κ3) is 3.17. The van der Waals surface area contributed by atoms with Crippen LogP contribution in [0.2, 0.25) is 0 Å². The lowest BCUT2D eigenvalue weighted by atomic mass is 10.2. The van der Waals surface area contributed by atoms with Crippen molar-refractivity contribution >= 4 is 33.2 Å². The Morgan fingerprint density at radius 2 is 2.48 bits per heavy atom. The van der Waals surface area contributed by atoms with E-state index in [1.54, 1.807) is 18.4 Å². The summed E-state index contributed by atoms with van der Waals surface area (Å²) in [4.78, 5) is 19.3. The molecule has 2 aromatic heterocycles. The maximum Gasteiger partial charge on any atom is 0.241 e. The van der Waals surface area contributed by atoms with Crippen LogP contribution in [0.4, 0.5) is 0 Å². The molecule has 1 saturated heterocycles. The fourth-order valence-electron chi connectivity index (χ4n) is 2.51. The standard InChI is InChI=1S/C13H15BrN4O2S/c1-15-13(19)8-3-2-6-18(8)7-11-16-12(17-20-11)9-4-5-10(14)21-9/h4-5,8H,2-3,6-7H2,1H3,(H,15,19)/t8-/m0/s1. The van der Waals surface area contributed by atoms with E-state index in [-0.39, 0.29) is 11.9 Å². The van der Waals surface area contributed by atoms with Gasteiger partial charge in [-0.15, -0.1) is 11.3 Å². The Labute approximate surface area is 134 Å². The van der Waals surface area contributed by atoms with Gasteiger partial charge in [-0.05, 0) is 47.4 Å².